The minimum Gasteiger partial charge on any atom is -0.399 e. The van der Waals surface area contributed by atoms with Gasteiger partial charge in [0, 0.05) is 36.3 Å². The largest absolute Gasteiger partial charge is 0.399 e. The summed E-state index contributed by atoms with van der Waals surface area (Å²) in [5.41, 5.74) is 21.7. The molecule has 0 saturated heterocycles. The Morgan fingerprint density at radius 1 is 0.889 bits per heavy atom. The van der Waals surface area contributed by atoms with Crippen LogP contribution in [0.1, 0.15) is 5.56 Å². The predicted molar refractivity (Wildman–Crippen MR) is 78.2 cm³/mol. The molecule has 4 heteroatoms. The Balaban J connectivity index is 2.18. The molecule has 0 fully saturated rings. The molecule has 94 valence electrons. The maximum Gasteiger partial charge on any atom is 0.0447 e. The van der Waals surface area contributed by atoms with Gasteiger partial charge in [-0.25, -0.2) is 0 Å². The van der Waals surface area contributed by atoms with E-state index in [1.54, 1.807) is 0 Å². The van der Waals surface area contributed by atoms with Crippen LogP contribution >= 0.6 is 0 Å². The first-order valence-corrected chi connectivity index (χ1v) is 5.77. The molecule has 0 spiro atoms. The molecule has 2 aromatic rings. The SMILES string of the molecule is CN(Cc1cc(N)ccc1N)c1ccc(N)cc1. The van der Waals surface area contributed by atoms with Gasteiger partial charge in [0.05, 0.1) is 0 Å². The summed E-state index contributed by atoms with van der Waals surface area (Å²) in [5, 5.41) is 0. The zero-order chi connectivity index (χ0) is 13.1. The monoisotopic (exact) mass is 242 g/mol. The zero-order valence-corrected chi connectivity index (χ0v) is 10.4. The third kappa shape index (κ3) is 2.66. The molecule has 0 atom stereocenters. The number of benzene rings is 2. The zero-order valence-electron chi connectivity index (χ0n) is 10.4. The summed E-state index contributed by atoms with van der Waals surface area (Å²) >= 11 is 0. The highest BCUT2D eigenvalue weighted by Gasteiger charge is 2.05. The van der Waals surface area contributed by atoms with E-state index in [9.17, 15) is 0 Å². The fourth-order valence-electron chi connectivity index (χ4n) is 1.84. The molecule has 2 rings (SSSR count). The topological polar surface area (TPSA) is 81.3 Å². The highest BCUT2D eigenvalue weighted by molar-refractivity contribution is 5.58. The smallest absolute Gasteiger partial charge is 0.0447 e. The average Bonchev–Trinajstić information content (AvgIpc) is 2.34. The van der Waals surface area contributed by atoms with Crippen LogP contribution < -0.4 is 22.1 Å². The van der Waals surface area contributed by atoms with E-state index in [2.05, 4.69) is 4.90 Å². The van der Waals surface area contributed by atoms with Gasteiger partial charge in [0.25, 0.3) is 0 Å². The molecule has 0 aliphatic rings. The second kappa shape index (κ2) is 4.87. The van der Waals surface area contributed by atoms with Crippen molar-refractivity contribution in [2.24, 2.45) is 0 Å². The Kier molecular flexibility index (Phi) is 3.28. The van der Waals surface area contributed by atoms with Crippen molar-refractivity contribution in [3.8, 4) is 0 Å². The van der Waals surface area contributed by atoms with E-state index in [0.717, 1.165) is 28.3 Å². The highest BCUT2D eigenvalue weighted by Crippen LogP contribution is 2.21. The van der Waals surface area contributed by atoms with Crippen molar-refractivity contribution >= 4 is 22.7 Å². The fraction of sp³-hybridized carbons (Fsp3) is 0.143. The maximum atomic E-state index is 5.94. The molecule has 0 amide bonds. The molecule has 0 radical (unpaired) electrons. The standard InChI is InChI=1S/C14H18N4/c1-18(13-5-2-11(15)3-6-13)9-10-8-12(16)4-7-14(10)17/h2-8H,9,15-17H2,1H3. The van der Waals surface area contributed by atoms with E-state index >= 15 is 0 Å². The normalized spacial score (nSPS) is 10.3. The molecular weight excluding hydrogens is 224 g/mol. The van der Waals surface area contributed by atoms with Crippen LogP contribution in [-0.4, -0.2) is 7.05 Å². The van der Waals surface area contributed by atoms with Gasteiger partial charge in [-0.05, 0) is 48.0 Å². The Hall–Kier alpha value is -2.36. The van der Waals surface area contributed by atoms with Crippen molar-refractivity contribution in [1.82, 2.24) is 0 Å². The predicted octanol–water partition coefficient (Wildman–Crippen LogP) is 2.07. The summed E-state index contributed by atoms with van der Waals surface area (Å²) in [6.07, 6.45) is 0. The summed E-state index contributed by atoms with van der Waals surface area (Å²) in [6.45, 7) is 0.709. The van der Waals surface area contributed by atoms with Crippen LogP contribution in [0.3, 0.4) is 0 Å². The van der Waals surface area contributed by atoms with Crippen LogP contribution in [0.5, 0.6) is 0 Å². The lowest BCUT2D eigenvalue weighted by atomic mass is 10.1. The van der Waals surface area contributed by atoms with Crippen LogP contribution in [0, 0.1) is 0 Å². The molecule has 0 aliphatic heterocycles. The van der Waals surface area contributed by atoms with Crippen molar-refractivity contribution < 1.29 is 0 Å². The third-order valence-electron chi connectivity index (χ3n) is 2.91. The molecule has 0 heterocycles. The first kappa shape index (κ1) is 12.1. The van der Waals surface area contributed by atoms with Gasteiger partial charge in [-0.3, -0.25) is 0 Å². The summed E-state index contributed by atoms with van der Waals surface area (Å²) < 4.78 is 0. The molecule has 4 nitrogen and oxygen atoms in total. The molecule has 0 bridgehead atoms. The van der Waals surface area contributed by atoms with Crippen molar-refractivity contribution in [2.75, 3.05) is 29.1 Å². The molecular formula is C14H18N4. The van der Waals surface area contributed by atoms with Gasteiger partial charge >= 0.3 is 0 Å². The molecule has 6 N–H and O–H groups in total. The van der Waals surface area contributed by atoms with E-state index in [0.29, 0.717) is 6.54 Å². The third-order valence-corrected chi connectivity index (χ3v) is 2.91. The maximum absolute atomic E-state index is 5.94. The van der Waals surface area contributed by atoms with Crippen molar-refractivity contribution in [3.05, 3.63) is 48.0 Å². The van der Waals surface area contributed by atoms with Gasteiger partial charge in [0.2, 0.25) is 0 Å². The van der Waals surface area contributed by atoms with E-state index in [4.69, 9.17) is 17.2 Å². The van der Waals surface area contributed by atoms with Gasteiger partial charge in [0.1, 0.15) is 0 Å². The van der Waals surface area contributed by atoms with Crippen LogP contribution in [-0.2, 0) is 6.54 Å². The highest BCUT2D eigenvalue weighted by atomic mass is 15.1. The Morgan fingerprint density at radius 2 is 1.50 bits per heavy atom. The van der Waals surface area contributed by atoms with Gasteiger partial charge in [-0.1, -0.05) is 0 Å². The fourth-order valence-corrected chi connectivity index (χ4v) is 1.84. The molecule has 2 aromatic carbocycles. The number of anilines is 4. The lowest BCUT2D eigenvalue weighted by molar-refractivity contribution is 0.926. The lowest BCUT2D eigenvalue weighted by Gasteiger charge is -2.20. The van der Waals surface area contributed by atoms with Crippen LogP contribution in [0.4, 0.5) is 22.7 Å². The summed E-state index contributed by atoms with van der Waals surface area (Å²) in [6, 6.07) is 13.3. The minimum atomic E-state index is 0.709. The van der Waals surface area contributed by atoms with Crippen LogP contribution in [0.2, 0.25) is 0 Å². The van der Waals surface area contributed by atoms with Gasteiger partial charge in [-0.2, -0.15) is 0 Å². The quantitative estimate of drug-likeness (QED) is 0.720. The molecule has 0 unspecified atom stereocenters. The number of hydrogen-bond acceptors (Lipinski definition) is 4. The Bertz CT molecular complexity index is 534. The summed E-state index contributed by atoms with van der Waals surface area (Å²) in [5.74, 6) is 0. The van der Waals surface area contributed by atoms with E-state index in [-0.39, 0.29) is 0 Å². The first-order valence-electron chi connectivity index (χ1n) is 5.77. The van der Waals surface area contributed by atoms with E-state index in [1.807, 2.05) is 49.5 Å². The minimum absolute atomic E-state index is 0.709. The second-order valence-corrected chi connectivity index (χ2v) is 4.41. The number of hydrogen-bond donors (Lipinski definition) is 3. The number of rotatable bonds is 3. The summed E-state index contributed by atoms with van der Waals surface area (Å²) in [7, 11) is 2.01. The van der Waals surface area contributed by atoms with Crippen molar-refractivity contribution in [2.45, 2.75) is 6.54 Å². The van der Waals surface area contributed by atoms with Gasteiger partial charge < -0.3 is 22.1 Å². The molecule has 0 aliphatic carbocycles. The second-order valence-electron chi connectivity index (χ2n) is 4.41. The van der Waals surface area contributed by atoms with E-state index < -0.39 is 0 Å². The molecule has 0 aromatic heterocycles. The van der Waals surface area contributed by atoms with Crippen LogP contribution in [0.25, 0.3) is 0 Å². The van der Waals surface area contributed by atoms with Gasteiger partial charge in [-0.15, -0.1) is 0 Å². The Labute approximate surface area is 107 Å². The molecule has 18 heavy (non-hydrogen) atoms. The lowest BCUT2D eigenvalue weighted by Crippen LogP contribution is -2.17. The van der Waals surface area contributed by atoms with Crippen molar-refractivity contribution in [3.63, 3.8) is 0 Å². The van der Waals surface area contributed by atoms with E-state index in [1.165, 1.54) is 0 Å². The van der Waals surface area contributed by atoms with Gasteiger partial charge in [0.15, 0.2) is 0 Å². The Morgan fingerprint density at radius 3 is 2.17 bits per heavy atom. The number of nitrogen functional groups attached to an aromatic ring is 3. The molecule has 0 saturated carbocycles. The van der Waals surface area contributed by atoms with Crippen molar-refractivity contribution in [1.29, 1.82) is 0 Å². The first-order chi connectivity index (χ1) is 8.56. The number of nitrogens with two attached hydrogens (primary N) is 3. The average molecular weight is 242 g/mol. The summed E-state index contributed by atoms with van der Waals surface area (Å²) in [4.78, 5) is 2.10. The van der Waals surface area contributed by atoms with Crippen LogP contribution in [0.15, 0.2) is 42.5 Å². The number of nitrogens with zero attached hydrogens (tertiary/aromatic N) is 1.